The van der Waals surface area contributed by atoms with E-state index in [-0.39, 0.29) is 16.7 Å². The van der Waals surface area contributed by atoms with Crippen LogP contribution in [-0.4, -0.2) is 33.2 Å². The minimum absolute atomic E-state index is 0.0696. The van der Waals surface area contributed by atoms with Crippen LogP contribution in [0.3, 0.4) is 0 Å². The molecule has 3 aromatic rings. The number of nitro groups is 1. The number of hydrogen-bond donors (Lipinski definition) is 1. The Hall–Kier alpha value is -3.39. The van der Waals surface area contributed by atoms with Crippen molar-refractivity contribution in [2.45, 2.75) is 12.6 Å². The second-order valence-electron chi connectivity index (χ2n) is 6.73. The van der Waals surface area contributed by atoms with Gasteiger partial charge in [0.05, 0.1) is 18.1 Å². The topological polar surface area (TPSA) is 72.6 Å². The van der Waals surface area contributed by atoms with Crippen molar-refractivity contribution in [3.05, 3.63) is 88.2 Å². The number of non-ortho nitro benzene ring substituents is 1. The monoisotopic (exact) mass is 408 g/mol. The van der Waals surface area contributed by atoms with Crippen molar-refractivity contribution < 1.29 is 9.66 Å². The number of anilines is 1. The smallest absolute Gasteiger partial charge is 0.269 e. The lowest BCUT2D eigenvalue weighted by Gasteiger charge is -2.39. The predicted molar refractivity (Wildman–Crippen MR) is 115 cm³/mol. The molecular formula is C21H20N4O3S. The van der Waals surface area contributed by atoms with Crippen LogP contribution in [0.5, 0.6) is 5.75 Å². The summed E-state index contributed by atoms with van der Waals surface area (Å²) in [6, 6.07) is 18.1. The van der Waals surface area contributed by atoms with Gasteiger partial charge in [0, 0.05) is 42.8 Å². The summed E-state index contributed by atoms with van der Waals surface area (Å²) in [6.45, 7) is 1.48. The van der Waals surface area contributed by atoms with Crippen molar-refractivity contribution in [1.29, 1.82) is 0 Å². The third-order valence-corrected chi connectivity index (χ3v) is 5.37. The molecule has 148 valence electrons. The molecule has 0 unspecified atom stereocenters. The summed E-state index contributed by atoms with van der Waals surface area (Å²) in [7, 11) is 1.62. The van der Waals surface area contributed by atoms with Crippen LogP contribution in [0.4, 0.5) is 11.4 Å². The molecule has 1 aliphatic rings. The van der Waals surface area contributed by atoms with Gasteiger partial charge < -0.3 is 19.5 Å². The van der Waals surface area contributed by atoms with Crippen LogP contribution in [0.2, 0.25) is 0 Å². The average Bonchev–Trinajstić information content (AvgIpc) is 3.22. The van der Waals surface area contributed by atoms with Crippen LogP contribution in [-0.2, 0) is 6.54 Å². The Morgan fingerprint density at radius 1 is 1.17 bits per heavy atom. The summed E-state index contributed by atoms with van der Waals surface area (Å²) in [4.78, 5) is 13.0. The molecule has 0 fully saturated rings. The summed E-state index contributed by atoms with van der Waals surface area (Å²) in [6.07, 6.45) is 2.02. The van der Waals surface area contributed by atoms with Gasteiger partial charge in [-0.1, -0.05) is 12.1 Å². The highest BCUT2D eigenvalue weighted by atomic mass is 32.1. The first-order chi connectivity index (χ1) is 14.1. The van der Waals surface area contributed by atoms with Gasteiger partial charge in [-0.2, -0.15) is 0 Å². The molecule has 0 saturated heterocycles. The molecule has 0 amide bonds. The van der Waals surface area contributed by atoms with Gasteiger partial charge in [-0.05, 0) is 54.2 Å². The number of rotatable bonds is 4. The highest BCUT2D eigenvalue weighted by molar-refractivity contribution is 7.80. The lowest BCUT2D eigenvalue weighted by atomic mass is 10.00. The Morgan fingerprint density at radius 3 is 2.69 bits per heavy atom. The number of methoxy groups -OCH3 is 1. The number of aromatic nitrogens is 1. The van der Waals surface area contributed by atoms with E-state index in [1.54, 1.807) is 19.2 Å². The van der Waals surface area contributed by atoms with Gasteiger partial charge in [-0.15, -0.1) is 0 Å². The van der Waals surface area contributed by atoms with E-state index >= 15 is 0 Å². The van der Waals surface area contributed by atoms with Crippen molar-refractivity contribution in [3.63, 3.8) is 0 Å². The number of nitro benzene ring substituents is 1. The van der Waals surface area contributed by atoms with Gasteiger partial charge >= 0.3 is 0 Å². The summed E-state index contributed by atoms with van der Waals surface area (Å²) >= 11 is 5.72. The number of ether oxygens (including phenoxy) is 1. The lowest BCUT2D eigenvalue weighted by Crippen LogP contribution is -2.44. The van der Waals surface area contributed by atoms with E-state index < -0.39 is 0 Å². The van der Waals surface area contributed by atoms with Gasteiger partial charge in [0.2, 0.25) is 0 Å². The molecule has 0 radical (unpaired) electrons. The van der Waals surface area contributed by atoms with Crippen molar-refractivity contribution in [2.75, 3.05) is 19.0 Å². The molecule has 8 heteroatoms. The molecule has 1 aromatic heterocycles. The molecule has 7 nitrogen and oxygen atoms in total. The fraction of sp³-hybridized carbons (Fsp3) is 0.190. The minimum Gasteiger partial charge on any atom is -0.497 e. The molecule has 0 aliphatic carbocycles. The van der Waals surface area contributed by atoms with E-state index in [0.29, 0.717) is 11.7 Å². The Morgan fingerprint density at radius 2 is 1.97 bits per heavy atom. The Labute approximate surface area is 173 Å². The second kappa shape index (κ2) is 7.92. The number of benzene rings is 2. The van der Waals surface area contributed by atoms with E-state index in [1.165, 1.54) is 6.07 Å². The van der Waals surface area contributed by atoms with Gasteiger partial charge in [0.15, 0.2) is 5.11 Å². The molecule has 4 rings (SSSR count). The van der Waals surface area contributed by atoms with E-state index in [9.17, 15) is 10.1 Å². The van der Waals surface area contributed by atoms with Crippen LogP contribution >= 0.6 is 12.2 Å². The maximum Gasteiger partial charge on any atom is 0.269 e. The fourth-order valence-electron chi connectivity index (χ4n) is 3.63. The summed E-state index contributed by atoms with van der Waals surface area (Å²) < 4.78 is 7.36. The molecule has 0 saturated carbocycles. The zero-order valence-corrected chi connectivity index (χ0v) is 16.6. The lowest BCUT2D eigenvalue weighted by molar-refractivity contribution is -0.384. The maximum absolute atomic E-state index is 11.3. The molecule has 29 heavy (non-hydrogen) atoms. The highest BCUT2D eigenvalue weighted by Gasteiger charge is 2.31. The van der Waals surface area contributed by atoms with Crippen molar-refractivity contribution in [2.24, 2.45) is 0 Å². The third kappa shape index (κ3) is 3.79. The number of thiocarbonyl (C=S) groups is 1. The minimum atomic E-state index is -0.371. The van der Waals surface area contributed by atoms with Crippen LogP contribution in [0.1, 0.15) is 17.3 Å². The summed E-state index contributed by atoms with van der Waals surface area (Å²) in [5.41, 5.74) is 2.81. The zero-order chi connectivity index (χ0) is 20.4. The third-order valence-electron chi connectivity index (χ3n) is 5.04. The zero-order valence-electron chi connectivity index (χ0n) is 15.8. The van der Waals surface area contributed by atoms with E-state index in [0.717, 1.165) is 29.2 Å². The predicted octanol–water partition coefficient (Wildman–Crippen LogP) is 4.21. The van der Waals surface area contributed by atoms with Gasteiger partial charge in [-0.3, -0.25) is 10.1 Å². The molecule has 2 aromatic carbocycles. The van der Waals surface area contributed by atoms with E-state index in [4.69, 9.17) is 17.0 Å². The fourth-order valence-corrected chi connectivity index (χ4v) is 3.95. The molecule has 0 bridgehead atoms. The number of hydrogen-bond acceptors (Lipinski definition) is 4. The van der Waals surface area contributed by atoms with Gasteiger partial charge in [0.25, 0.3) is 5.69 Å². The van der Waals surface area contributed by atoms with Crippen molar-refractivity contribution >= 4 is 28.7 Å². The highest BCUT2D eigenvalue weighted by Crippen LogP contribution is 2.34. The molecule has 1 N–H and O–H groups in total. The molecular weight excluding hydrogens is 388 g/mol. The molecule has 1 atom stereocenters. The number of nitrogens with zero attached hydrogens (tertiary/aromatic N) is 3. The van der Waals surface area contributed by atoms with Crippen LogP contribution in [0.15, 0.2) is 66.9 Å². The van der Waals surface area contributed by atoms with Crippen LogP contribution < -0.4 is 10.1 Å². The quantitative estimate of drug-likeness (QED) is 0.396. The maximum atomic E-state index is 11.3. The first-order valence-corrected chi connectivity index (χ1v) is 9.58. The van der Waals surface area contributed by atoms with Crippen LogP contribution in [0, 0.1) is 10.1 Å². The molecule has 0 spiro atoms. The Kier molecular flexibility index (Phi) is 5.18. The first kappa shape index (κ1) is 18.9. The second-order valence-corrected chi connectivity index (χ2v) is 7.12. The van der Waals surface area contributed by atoms with Crippen molar-refractivity contribution in [3.8, 4) is 5.75 Å². The summed E-state index contributed by atoms with van der Waals surface area (Å²) in [5, 5.41) is 15.1. The largest absolute Gasteiger partial charge is 0.497 e. The standard InChI is InChI=1S/C21H20N4O3S/c1-28-18-9-7-16(8-10-18)22-21(29)24-13-12-23-11-3-6-19(23)20(24)15-4-2-5-17(14-15)25(26)27/h2-11,14,20H,12-13H2,1H3,(H,22,29)/t20-/m0/s1. The Bertz CT molecular complexity index is 1050. The van der Waals surface area contributed by atoms with Gasteiger partial charge in [-0.25, -0.2) is 0 Å². The SMILES string of the molecule is COc1ccc(NC(=S)N2CCn3cccc3[C@@H]2c2cccc([N+](=O)[O-])c2)cc1. The van der Waals surface area contributed by atoms with Gasteiger partial charge in [0.1, 0.15) is 5.75 Å². The molecule has 2 heterocycles. The summed E-state index contributed by atoms with van der Waals surface area (Å²) in [5.74, 6) is 0.770. The van der Waals surface area contributed by atoms with Crippen molar-refractivity contribution in [1.82, 2.24) is 9.47 Å². The van der Waals surface area contributed by atoms with Crippen LogP contribution in [0.25, 0.3) is 0 Å². The molecule has 1 aliphatic heterocycles. The normalized spacial score (nSPS) is 15.5. The average molecular weight is 408 g/mol. The van der Waals surface area contributed by atoms with E-state index in [1.807, 2.05) is 48.7 Å². The van der Waals surface area contributed by atoms with E-state index in [2.05, 4.69) is 14.8 Å². The first-order valence-electron chi connectivity index (χ1n) is 9.18. The number of nitrogens with one attached hydrogen (secondary N) is 1. The Balaban J connectivity index is 1.66. The number of fused-ring (bicyclic) bond motifs is 1.